The fourth-order valence-corrected chi connectivity index (χ4v) is 2.59. The third kappa shape index (κ3) is 3.76. The maximum Gasteiger partial charge on any atom is 0.273 e. The average molecular weight is 343 g/mol. The number of nitro groups is 1. The molecule has 0 aliphatic carbocycles. The van der Waals surface area contributed by atoms with Crippen LogP contribution in [0.25, 0.3) is 11.0 Å². The normalized spacial score (nSPS) is 12.2. The molecule has 3 rings (SSSR count). The lowest BCUT2D eigenvalue weighted by Crippen LogP contribution is -2.24. The Morgan fingerprint density at radius 3 is 2.80 bits per heavy atom. The van der Waals surface area contributed by atoms with Gasteiger partial charge in [0, 0.05) is 6.07 Å². The van der Waals surface area contributed by atoms with Crippen LogP contribution in [0.3, 0.4) is 0 Å². The lowest BCUT2D eigenvalue weighted by atomic mass is 10.3. The first-order chi connectivity index (χ1) is 12.1. The molecule has 0 radical (unpaired) electrons. The SMILES string of the molecule is O=[N+]([O-])c1cccc(OC[C@H](O)Cn2c(CO)nc3ccccc32)c1. The van der Waals surface area contributed by atoms with Gasteiger partial charge in [-0.2, -0.15) is 0 Å². The van der Waals surface area contributed by atoms with Crippen LogP contribution >= 0.6 is 0 Å². The van der Waals surface area contributed by atoms with Crippen LogP contribution < -0.4 is 4.74 Å². The number of para-hydroxylation sites is 2. The molecule has 0 aliphatic rings. The molecule has 130 valence electrons. The third-order valence-corrected chi connectivity index (χ3v) is 3.74. The molecular weight excluding hydrogens is 326 g/mol. The number of benzene rings is 2. The van der Waals surface area contributed by atoms with Gasteiger partial charge in [0.25, 0.3) is 5.69 Å². The predicted molar refractivity (Wildman–Crippen MR) is 90.3 cm³/mol. The summed E-state index contributed by atoms with van der Waals surface area (Å²) < 4.78 is 7.18. The summed E-state index contributed by atoms with van der Waals surface area (Å²) in [6.07, 6.45) is -0.873. The van der Waals surface area contributed by atoms with Gasteiger partial charge in [0.15, 0.2) is 0 Å². The van der Waals surface area contributed by atoms with Crippen molar-refractivity contribution >= 4 is 16.7 Å². The molecule has 0 saturated heterocycles. The molecule has 0 saturated carbocycles. The van der Waals surface area contributed by atoms with Crippen molar-refractivity contribution in [1.29, 1.82) is 0 Å². The Balaban J connectivity index is 1.70. The number of aromatic nitrogens is 2. The second-order valence-corrected chi connectivity index (χ2v) is 5.50. The number of aliphatic hydroxyl groups is 2. The predicted octanol–water partition coefficient (Wildman–Crippen LogP) is 1.88. The van der Waals surface area contributed by atoms with Gasteiger partial charge in [-0.15, -0.1) is 0 Å². The van der Waals surface area contributed by atoms with E-state index in [2.05, 4.69) is 4.98 Å². The van der Waals surface area contributed by atoms with Crippen LogP contribution in [0.1, 0.15) is 5.82 Å². The Labute approximate surface area is 143 Å². The van der Waals surface area contributed by atoms with E-state index in [4.69, 9.17) is 4.74 Å². The number of nitrogens with zero attached hydrogens (tertiary/aromatic N) is 3. The molecule has 25 heavy (non-hydrogen) atoms. The number of hydrogen-bond acceptors (Lipinski definition) is 6. The summed E-state index contributed by atoms with van der Waals surface area (Å²) in [5.74, 6) is 0.765. The van der Waals surface area contributed by atoms with Gasteiger partial charge in [-0.25, -0.2) is 4.98 Å². The van der Waals surface area contributed by atoms with Gasteiger partial charge in [-0.05, 0) is 18.2 Å². The minimum absolute atomic E-state index is 0.0431. The van der Waals surface area contributed by atoms with Gasteiger partial charge in [-0.1, -0.05) is 18.2 Å². The third-order valence-electron chi connectivity index (χ3n) is 3.74. The highest BCUT2D eigenvalue weighted by Gasteiger charge is 2.14. The zero-order valence-corrected chi connectivity index (χ0v) is 13.3. The molecule has 8 heteroatoms. The Kier molecular flexibility index (Phi) is 4.92. The first kappa shape index (κ1) is 16.9. The summed E-state index contributed by atoms with van der Waals surface area (Å²) in [6, 6.07) is 13.2. The summed E-state index contributed by atoms with van der Waals surface area (Å²) >= 11 is 0. The van der Waals surface area contributed by atoms with Crippen molar-refractivity contribution < 1.29 is 19.9 Å². The molecule has 0 spiro atoms. The summed E-state index contributed by atoms with van der Waals surface area (Å²) in [6.45, 7) is -0.100. The monoisotopic (exact) mass is 343 g/mol. The molecule has 1 heterocycles. The van der Waals surface area contributed by atoms with E-state index in [1.807, 2.05) is 24.3 Å². The first-order valence-electron chi connectivity index (χ1n) is 7.69. The van der Waals surface area contributed by atoms with E-state index >= 15 is 0 Å². The number of aliphatic hydroxyl groups excluding tert-OH is 2. The molecule has 2 aromatic carbocycles. The number of hydrogen-bond donors (Lipinski definition) is 2. The van der Waals surface area contributed by atoms with Crippen LogP contribution in [0.2, 0.25) is 0 Å². The standard InChI is InChI=1S/C17H17N3O5/c21-10-17-18-15-6-1-2-7-16(15)19(17)9-13(22)11-25-14-5-3-4-12(8-14)20(23)24/h1-8,13,21-22H,9-11H2/t13-/m1/s1. The summed E-state index contributed by atoms with van der Waals surface area (Å²) in [4.78, 5) is 14.6. The zero-order valence-electron chi connectivity index (χ0n) is 13.3. The first-order valence-corrected chi connectivity index (χ1v) is 7.69. The van der Waals surface area contributed by atoms with Crippen molar-refractivity contribution in [3.05, 3.63) is 64.5 Å². The van der Waals surface area contributed by atoms with Gasteiger partial charge >= 0.3 is 0 Å². The van der Waals surface area contributed by atoms with E-state index in [-0.39, 0.29) is 25.4 Å². The highest BCUT2D eigenvalue weighted by atomic mass is 16.6. The van der Waals surface area contributed by atoms with Crippen molar-refractivity contribution in [1.82, 2.24) is 9.55 Å². The highest BCUT2D eigenvalue weighted by molar-refractivity contribution is 5.75. The summed E-state index contributed by atoms with van der Waals surface area (Å²) in [5.41, 5.74) is 1.47. The highest BCUT2D eigenvalue weighted by Crippen LogP contribution is 2.20. The molecule has 0 amide bonds. The van der Waals surface area contributed by atoms with E-state index < -0.39 is 11.0 Å². The molecule has 0 aliphatic heterocycles. The van der Waals surface area contributed by atoms with E-state index in [9.17, 15) is 20.3 Å². The maximum atomic E-state index is 10.8. The summed E-state index contributed by atoms with van der Waals surface area (Å²) in [7, 11) is 0. The Hall–Kier alpha value is -2.97. The van der Waals surface area contributed by atoms with E-state index in [0.717, 1.165) is 11.0 Å². The Morgan fingerprint density at radius 1 is 1.24 bits per heavy atom. The van der Waals surface area contributed by atoms with Crippen molar-refractivity contribution in [3.8, 4) is 5.75 Å². The average Bonchev–Trinajstić information content (AvgIpc) is 2.98. The molecule has 0 fully saturated rings. The molecule has 1 atom stereocenters. The van der Waals surface area contributed by atoms with Gasteiger partial charge in [0.05, 0.1) is 28.6 Å². The minimum Gasteiger partial charge on any atom is -0.491 e. The zero-order chi connectivity index (χ0) is 17.8. The van der Waals surface area contributed by atoms with Gasteiger partial charge in [-0.3, -0.25) is 10.1 Å². The molecule has 1 aromatic heterocycles. The number of imidazole rings is 1. The second kappa shape index (κ2) is 7.29. The van der Waals surface area contributed by atoms with Crippen LogP contribution in [-0.2, 0) is 13.2 Å². The lowest BCUT2D eigenvalue weighted by molar-refractivity contribution is -0.384. The largest absolute Gasteiger partial charge is 0.491 e. The van der Waals surface area contributed by atoms with Crippen molar-refractivity contribution in [3.63, 3.8) is 0 Å². The smallest absolute Gasteiger partial charge is 0.273 e. The fraction of sp³-hybridized carbons (Fsp3) is 0.235. The number of fused-ring (bicyclic) bond motifs is 1. The second-order valence-electron chi connectivity index (χ2n) is 5.50. The van der Waals surface area contributed by atoms with E-state index in [1.54, 1.807) is 10.6 Å². The molecule has 8 nitrogen and oxygen atoms in total. The van der Waals surface area contributed by atoms with Gasteiger partial charge < -0.3 is 19.5 Å². The topological polar surface area (TPSA) is 111 Å². The molecule has 2 N–H and O–H groups in total. The van der Waals surface area contributed by atoms with E-state index in [1.165, 1.54) is 18.2 Å². The Bertz CT molecular complexity index is 893. The van der Waals surface area contributed by atoms with Crippen molar-refractivity contribution in [2.45, 2.75) is 19.3 Å². The fourth-order valence-electron chi connectivity index (χ4n) is 2.59. The van der Waals surface area contributed by atoms with Crippen LogP contribution in [0.15, 0.2) is 48.5 Å². The lowest BCUT2D eigenvalue weighted by Gasteiger charge is -2.15. The number of non-ortho nitro benzene ring substituents is 1. The number of nitro benzene ring substituents is 1. The molecule has 0 bridgehead atoms. The van der Waals surface area contributed by atoms with Crippen LogP contribution in [-0.4, -0.2) is 37.4 Å². The molecule has 3 aromatic rings. The van der Waals surface area contributed by atoms with Crippen LogP contribution in [0, 0.1) is 10.1 Å². The van der Waals surface area contributed by atoms with Crippen molar-refractivity contribution in [2.75, 3.05) is 6.61 Å². The summed E-state index contributed by atoms with van der Waals surface area (Å²) in [5, 5.41) is 30.5. The van der Waals surface area contributed by atoms with Crippen LogP contribution in [0.5, 0.6) is 5.75 Å². The Morgan fingerprint density at radius 2 is 2.04 bits per heavy atom. The molecule has 0 unspecified atom stereocenters. The van der Waals surface area contributed by atoms with E-state index in [0.29, 0.717) is 11.6 Å². The van der Waals surface area contributed by atoms with Gasteiger partial charge in [0.1, 0.15) is 30.9 Å². The van der Waals surface area contributed by atoms with Crippen LogP contribution in [0.4, 0.5) is 5.69 Å². The molecular formula is C17H17N3O5. The number of ether oxygens (including phenoxy) is 1. The quantitative estimate of drug-likeness (QED) is 0.500. The minimum atomic E-state index is -0.873. The van der Waals surface area contributed by atoms with Gasteiger partial charge in [0.2, 0.25) is 0 Å². The number of rotatable bonds is 7. The van der Waals surface area contributed by atoms with Crippen molar-refractivity contribution in [2.24, 2.45) is 0 Å². The maximum absolute atomic E-state index is 10.8.